The maximum Gasteiger partial charge on any atom is 0.330 e. The number of nitrogens with one attached hydrogen (secondary N) is 2. The Morgan fingerprint density at radius 2 is 1.67 bits per heavy atom. The van der Waals surface area contributed by atoms with E-state index in [1.54, 1.807) is 38.1 Å². The van der Waals surface area contributed by atoms with Gasteiger partial charge >= 0.3 is 5.97 Å². The molecule has 0 heterocycles. The summed E-state index contributed by atoms with van der Waals surface area (Å²) in [5.74, 6) is -1.71. The van der Waals surface area contributed by atoms with Crippen molar-refractivity contribution < 1.29 is 24.2 Å². The van der Waals surface area contributed by atoms with E-state index in [0.29, 0.717) is 17.7 Å². The van der Waals surface area contributed by atoms with E-state index >= 15 is 0 Å². The SMILES string of the molecule is CCOC1CC(NC(=O)c2ccc(C(=O)NC3CC3)cc2)(C(=O)O)C1(C)C. The molecule has 1 aromatic carbocycles. The summed E-state index contributed by atoms with van der Waals surface area (Å²) in [6.07, 6.45) is 1.99. The van der Waals surface area contributed by atoms with Gasteiger partial charge in [0.1, 0.15) is 5.54 Å². The Kier molecular flexibility index (Phi) is 4.99. The van der Waals surface area contributed by atoms with E-state index in [9.17, 15) is 19.5 Å². The minimum Gasteiger partial charge on any atom is -0.479 e. The highest BCUT2D eigenvalue weighted by Crippen LogP contribution is 2.51. The highest BCUT2D eigenvalue weighted by molar-refractivity contribution is 6.00. The first kappa shape index (κ1) is 19.4. The molecule has 1 aromatic rings. The molecular weight excluding hydrogens is 348 g/mol. The lowest BCUT2D eigenvalue weighted by Gasteiger charge is -2.58. The average Bonchev–Trinajstić information content (AvgIpc) is 3.44. The van der Waals surface area contributed by atoms with Crippen LogP contribution >= 0.6 is 0 Å². The van der Waals surface area contributed by atoms with Crippen LogP contribution in [-0.4, -0.2) is 47.2 Å². The largest absolute Gasteiger partial charge is 0.479 e. The Labute approximate surface area is 158 Å². The van der Waals surface area contributed by atoms with Gasteiger partial charge in [-0.05, 0) is 44.0 Å². The molecule has 2 amide bonds. The van der Waals surface area contributed by atoms with Crippen molar-refractivity contribution in [3.8, 4) is 0 Å². The molecule has 0 spiro atoms. The zero-order chi connectivity index (χ0) is 19.8. The van der Waals surface area contributed by atoms with E-state index in [2.05, 4.69) is 10.6 Å². The Morgan fingerprint density at radius 3 is 2.11 bits per heavy atom. The maximum atomic E-state index is 12.7. The van der Waals surface area contributed by atoms with Crippen LogP contribution in [0, 0.1) is 5.41 Å². The molecule has 2 aliphatic carbocycles. The van der Waals surface area contributed by atoms with Crippen molar-refractivity contribution in [1.29, 1.82) is 0 Å². The van der Waals surface area contributed by atoms with E-state index in [4.69, 9.17) is 4.74 Å². The summed E-state index contributed by atoms with van der Waals surface area (Å²) in [4.78, 5) is 36.7. The van der Waals surface area contributed by atoms with Gasteiger partial charge in [0.2, 0.25) is 0 Å². The molecule has 27 heavy (non-hydrogen) atoms. The molecular formula is C20H26N2O5. The number of carboxylic acid groups (broad SMARTS) is 1. The fourth-order valence-electron chi connectivity index (χ4n) is 3.57. The molecule has 7 nitrogen and oxygen atoms in total. The number of rotatable bonds is 7. The van der Waals surface area contributed by atoms with Crippen molar-refractivity contribution in [3.63, 3.8) is 0 Å². The number of benzene rings is 1. The fraction of sp³-hybridized carbons (Fsp3) is 0.550. The minimum atomic E-state index is -1.38. The highest BCUT2D eigenvalue weighted by Gasteiger charge is 2.66. The van der Waals surface area contributed by atoms with Gasteiger partial charge in [-0.25, -0.2) is 4.79 Å². The van der Waals surface area contributed by atoms with Crippen LogP contribution in [0.2, 0.25) is 0 Å². The van der Waals surface area contributed by atoms with Gasteiger partial charge in [-0.3, -0.25) is 9.59 Å². The van der Waals surface area contributed by atoms with Crippen molar-refractivity contribution >= 4 is 17.8 Å². The molecule has 0 aromatic heterocycles. The summed E-state index contributed by atoms with van der Waals surface area (Å²) in [7, 11) is 0. The topological polar surface area (TPSA) is 105 Å². The number of carbonyl (C=O) groups excluding carboxylic acids is 2. The quantitative estimate of drug-likeness (QED) is 0.677. The number of hydrogen-bond acceptors (Lipinski definition) is 4. The van der Waals surface area contributed by atoms with Crippen molar-refractivity contribution in [2.75, 3.05) is 6.61 Å². The van der Waals surface area contributed by atoms with Crippen molar-refractivity contribution in [1.82, 2.24) is 10.6 Å². The van der Waals surface area contributed by atoms with Crippen LogP contribution in [0.5, 0.6) is 0 Å². The van der Waals surface area contributed by atoms with Crippen LogP contribution in [0.3, 0.4) is 0 Å². The summed E-state index contributed by atoms with van der Waals surface area (Å²) in [5, 5.41) is 15.4. The van der Waals surface area contributed by atoms with E-state index in [1.807, 2.05) is 6.92 Å². The second kappa shape index (κ2) is 6.96. The second-order valence-corrected chi connectivity index (χ2v) is 7.86. The molecule has 0 aliphatic heterocycles. The summed E-state index contributed by atoms with van der Waals surface area (Å²) in [6.45, 7) is 5.92. The Hall–Kier alpha value is -2.41. The second-order valence-electron chi connectivity index (χ2n) is 7.86. The van der Waals surface area contributed by atoms with Crippen LogP contribution in [0.15, 0.2) is 24.3 Å². The first-order valence-corrected chi connectivity index (χ1v) is 9.29. The molecule has 3 N–H and O–H groups in total. The van der Waals surface area contributed by atoms with E-state index in [1.165, 1.54) is 0 Å². The van der Waals surface area contributed by atoms with Crippen LogP contribution in [0.1, 0.15) is 60.7 Å². The van der Waals surface area contributed by atoms with E-state index in [-0.39, 0.29) is 24.5 Å². The van der Waals surface area contributed by atoms with Gasteiger partial charge in [-0.15, -0.1) is 0 Å². The minimum absolute atomic E-state index is 0.161. The summed E-state index contributed by atoms with van der Waals surface area (Å²) in [6, 6.07) is 6.50. The molecule has 146 valence electrons. The standard InChI is InChI=1S/C20H26N2O5/c1-4-27-15-11-20(18(25)26,19(15,2)3)22-17(24)13-7-5-12(6-8-13)16(23)21-14-9-10-14/h5-8,14-15H,4,9-11H2,1-3H3,(H,21,23)(H,22,24)(H,25,26). The van der Waals surface area contributed by atoms with Gasteiger partial charge in [0.05, 0.1) is 6.10 Å². The third kappa shape index (κ3) is 3.43. The molecule has 2 aliphatic rings. The highest BCUT2D eigenvalue weighted by atomic mass is 16.5. The third-order valence-corrected chi connectivity index (χ3v) is 5.78. The summed E-state index contributed by atoms with van der Waals surface area (Å²) < 4.78 is 5.61. The number of amides is 2. The van der Waals surface area contributed by atoms with Crippen LogP contribution < -0.4 is 10.6 Å². The Morgan fingerprint density at radius 1 is 1.11 bits per heavy atom. The Balaban J connectivity index is 1.71. The molecule has 0 bridgehead atoms. The molecule has 2 saturated carbocycles. The zero-order valence-electron chi connectivity index (χ0n) is 15.9. The lowest BCUT2D eigenvalue weighted by molar-refractivity contribution is -0.190. The van der Waals surface area contributed by atoms with Gasteiger partial charge in [-0.2, -0.15) is 0 Å². The lowest BCUT2D eigenvalue weighted by atomic mass is 9.54. The van der Waals surface area contributed by atoms with E-state index in [0.717, 1.165) is 12.8 Å². The number of aliphatic carboxylic acids is 1. The molecule has 0 radical (unpaired) electrons. The smallest absolute Gasteiger partial charge is 0.330 e. The van der Waals surface area contributed by atoms with Crippen LogP contribution in [0.25, 0.3) is 0 Å². The lowest BCUT2D eigenvalue weighted by Crippen LogP contribution is -2.76. The number of carboxylic acids is 1. The predicted octanol–water partition coefficient (Wildman–Crippen LogP) is 1.97. The number of hydrogen-bond donors (Lipinski definition) is 3. The van der Waals surface area contributed by atoms with Crippen LogP contribution in [-0.2, 0) is 9.53 Å². The molecule has 2 unspecified atom stereocenters. The van der Waals surface area contributed by atoms with Crippen LogP contribution in [0.4, 0.5) is 0 Å². The van der Waals surface area contributed by atoms with Crippen molar-refractivity contribution in [2.45, 2.75) is 57.7 Å². The van der Waals surface area contributed by atoms with Gasteiger partial charge in [0.25, 0.3) is 11.8 Å². The maximum absolute atomic E-state index is 12.7. The predicted molar refractivity (Wildman–Crippen MR) is 98.6 cm³/mol. The number of ether oxygens (including phenoxy) is 1. The summed E-state index contributed by atoms with van der Waals surface area (Å²) >= 11 is 0. The summed E-state index contributed by atoms with van der Waals surface area (Å²) in [5.41, 5.74) is -1.33. The average molecular weight is 374 g/mol. The first-order valence-electron chi connectivity index (χ1n) is 9.29. The van der Waals surface area contributed by atoms with Crippen molar-refractivity contribution in [2.24, 2.45) is 5.41 Å². The zero-order valence-corrected chi connectivity index (χ0v) is 15.9. The number of carbonyl (C=O) groups is 3. The fourth-order valence-corrected chi connectivity index (χ4v) is 3.57. The van der Waals surface area contributed by atoms with Gasteiger partial charge < -0.3 is 20.5 Å². The van der Waals surface area contributed by atoms with Gasteiger partial charge in [-0.1, -0.05) is 13.8 Å². The van der Waals surface area contributed by atoms with E-state index < -0.39 is 22.8 Å². The third-order valence-electron chi connectivity index (χ3n) is 5.78. The monoisotopic (exact) mass is 374 g/mol. The van der Waals surface area contributed by atoms with Gasteiger partial charge in [0, 0.05) is 35.6 Å². The first-order chi connectivity index (χ1) is 12.7. The Bertz CT molecular complexity index is 754. The molecule has 2 fully saturated rings. The molecule has 3 rings (SSSR count). The van der Waals surface area contributed by atoms with Gasteiger partial charge in [0.15, 0.2) is 0 Å². The normalized spacial score (nSPS) is 26.0. The molecule has 7 heteroatoms. The molecule has 2 atom stereocenters. The molecule has 0 saturated heterocycles. The van der Waals surface area contributed by atoms with Crippen molar-refractivity contribution in [3.05, 3.63) is 35.4 Å².